The highest BCUT2D eigenvalue weighted by molar-refractivity contribution is 5.92. The highest BCUT2D eigenvalue weighted by atomic mass is 19.2. The van der Waals surface area contributed by atoms with Crippen LogP contribution in [0.3, 0.4) is 0 Å². The Labute approximate surface area is 135 Å². The maximum atomic E-state index is 13.4. The molecule has 0 spiro atoms. The number of carbonyl (C=O) groups is 1. The Hall–Kier alpha value is -3.31. The van der Waals surface area contributed by atoms with Crippen LogP contribution in [-0.4, -0.2) is 22.4 Å². The number of hydrogen-bond acceptors (Lipinski definition) is 5. The fraction of sp³-hybridized carbons (Fsp3) is 0.0769. The first-order valence-electron chi connectivity index (χ1n) is 6.27. The van der Waals surface area contributed by atoms with E-state index in [1.807, 2.05) is 0 Å². The van der Waals surface area contributed by atoms with Gasteiger partial charge in [0.15, 0.2) is 29.9 Å². The van der Waals surface area contributed by atoms with E-state index >= 15 is 0 Å². The molecule has 2 rings (SSSR count). The maximum Gasteiger partial charge on any atom is 0.406 e. The second-order valence-electron chi connectivity index (χ2n) is 4.36. The van der Waals surface area contributed by atoms with Gasteiger partial charge >= 0.3 is 5.82 Å². The number of aromatic nitrogens is 1. The molecule has 0 radical (unpaired) electrons. The fourth-order valence-electron chi connectivity index (χ4n) is 1.67. The number of nitrogens with zero attached hydrogens (tertiary/aromatic N) is 2. The lowest BCUT2D eigenvalue weighted by atomic mass is 10.2. The van der Waals surface area contributed by atoms with E-state index in [1.165, 1.54) is 11.4 Å². The number of carbonyl (C=O) groups excluding carboxylic acids is 1. The average Bonchev–Trinajstić information content (AvgIpc) is 2.60. The largest absolute Gasteiger partial charge is 0.476 e. The normalized spacial score (nSPS) is 10.4. The fourth-order valence-corrected chi connectivity index (χ4v) is 1.67. The summed E-state index contributed by atoms with van der Waals surface area (Å²) in [5.74, 6) is -13.8. The highest BCUT2D eigenvalue weighted by Gasteiger charge is 2.27. The third kappa shape index (κ3) is 3.62. The van der Waals surface area contributed by atoms with Crippen LogP contribution >= 0.6 is 0 Å². The third-order valence-electron chi connectivity index (χ3n) is 2.76. The van der Waals surface area contributed by atoms with Gasteiger partial charge in [-0.15, -0.1) is 0 Å². The summed E-state index contributed by atoms with van der Waals surface area (Å²) in [5.41, 5.74) is -1.56. The molecule has 1 amide bonds. The standard InChI is InChI=1S/C13H6F5N3O4/c14-7-8(15)10(17)12(11(18)9(7)16)20-6(22)4-25-5-2-1-3-19-13(5)21(23)24/h1-3H,4H2,(H,20,22). The first-order chi connectivity index (χ1) is 11.7. The Morgan fingerprint density at radius 2 is 1.68 bits per heavy atom. The van der Waals surface area contributed by atoms with Crippen LogP contribution in [0.4, 0.5) is 33.5 Å². The molecule has 1 heterocycles. The van der Waals surface area contributed by atoms with Crippen LogP contribution in [0.25, 0.3) is 0 Å². The number of amides is 1. The van der Waals surface area contributed by atoms with E-state index in [-0.39, 0.29) is 0 Å². The van der Waals surface area contributed by atoms with Crippen molar-refractivity contribution >= 4 is 17.4 Å². The molecule has 25 heavy (non-hydrogen) atoms. The molecule has 0 saturated carbocycles. The van der Waals surface area contributed by atoms with Crippen molar-refractivity contribution in [3.05, 3.63) is 57.5 Å². The summed E-state index contributed by atoms with van der Waals surface area (Å²) in [6.07, 6.45) is 1.08. The van der Waals surface area contributed by atoms with Crippen molar-refractivity contribution in [1.29, 1.82) is 0 Å². The first-order valence-corrected chi connectivity index (χ1v) is 6.27. The van der Waals surface area contributed by atoms with E-state index in [0.717, 1.165) is 12.3 Å². The predicted molar refractivity (Wildman–Crippen MR) is 71.2 cm³/mol. The van der Waals surface area contributed by atoms with Gasteiger partial charge in [0, 0.05) is 0 Å². The summed E-state index contributed by atoms with van der Waals surface area (Å²) in [4.78, 5) is 24.8. The van der Waals surface area contributed by atoms with Crippen molar-refractivity contribution in [1.82, 2.24) is 4.98 Å². The minimum atomic E-state index is -2.38. The van der Waals surface area contributed by atoms with Crippen LogP contribution in [0.5, 0.6) is 5.75 Å². The van der Waals surface area contributed by atoms with E-state index in [2.05, 4.69) is 4.98 Å². The smallest absolute Gasteiger partial charge is 0.406 e. The number of nitrogens with one attached hydrogen (secondary N) is 1. The minimum Gasteiger partial charge on any atom is -0.476 e. The van der Waals surface area contributed by atoms with Crippen LogP contribution in [0.1, 0.15) is 0 Å². The van der Waals surface area contributed by atoms with Gasteiger partial charge in [-0.2, -0.15) is 0 Å². The summed E-state index contributed by atoms with van der Waals surface area (Å²) in [6.45, 7) is -1.01. The Balaban J connectivity index is 2.16. The molecule has 1 aromatic heterocycles. The van der Waals surface area contributed by atoms with Crippen LogP contribution < -0.4 is 10.1 Å². The molecule has 0 aliphatic carbocycles. The number of nitro groups is 1. The van der Waals surface area contributed by atoms with Crippen molar-refractivity contribution < 1.29 is 36.4 Å². The Bertz CT molecular complexity index is 833. The van der Waals surface area contributed by atoms with Crippen molar-refractivity contribution in [3.8, 4) is 5.75 Å². The Kier molecular flexibility index (Phi) is 5.10. The molecule has 0 unspecified atom stereocenters. The molecule has 1 aromatic carbocycles. The molecule has 12 heteroatoms. The zero-order chi connectivity index (χ0) is 18.7. The van der Waals surface area contributed by atoms with Gasteiger partial charge in [-0.25, -0.2) is 22.0 Å². The van der Waals surface area contributed by atoms with Gasteiger partial charge in [-0.05, 0) is 22.0 Å². The Morgan fingerprint density at radius 1 is 1.12 bits per heavy atom. The zero-order valence-corrected chi connectivity index (χ0v) is 11.9. The van der Waals surface area contributed by atoms with Gasteiger partial charge in [0.2, 0.25) is 11.6 Å². The number of rotatable bonds is 5. The van der Waals surface area contributed by atoms with Crippen molar-refractivity contribution in [2.45, 2.75) is 0 Å². The summed E-state index contributed by atoms with van der Waals surface area (Å²) in [7, 11) is 0. The molecule has 132 valence electrons. The SMILES string of the molecule is O=C(COc1cccnc1[N+](=O)[O-])Nc1c(F)c(F)c(F)c(F)c1F. The summed E-state index contributed by atoms with van der Waals surface area (Å²) in [6, 6.07) is 2.35. The van der Waals surface area contributed by atoms with Gasteiger partial charge in [-0.3, -0.25) is 4.79 Å². The molecule has 0 atom stereocenters. The van der Waals surface area contributed by atoms with Crippen LogP contribution in [0, 0.1) is 39.2 Å². The lowest BCUT2D eigenvalue weighted by Crippen LogP contribution is -2.23. The van der Waals surface area contributed by atoms with Crippen molar-refractivity contribution in [3.63, 3.8) is 0 Å². The summed E-state index contributed by atoms with van der Waals surface area (Å²) >= 11 is 0. The average molecular weight is 363 g/mol. The molecular weight excluding hydrogens is 357 g/mol. The first kappa shape index (κ1) is 18.0. The molecule has 2 aromatic rings. The monoisotopic (exact) mass is 363 g/mol. The molecule has 7 nitrogen and oxygen atoms in total. The molecule has 0 bridgehead atoms. The Morgan fingerprint density at radius 3 is 2.24 bits per heavy atom. The second-order valence-corrected chi connectivity index (χ2v) is 4.36. The number of benzene rings is 1. The summed E-state index contributed by atoms with van der Waals surface area (Å²) in [5, 5.41) is 12.2. The topological polar surface area (TPSA) is 94.4 Å². The molecule has 0 fully saturated rings. The van der Waals surface area contributed by atoms with Crippen molar-refractivity contribution in [2.24, 2.45) is 0 Å². The highest BCUT2D eigenvalue weighted by Crippen LogP contribution is 2.27. The van der Waals surface area contributed by atoms with Crippen LogP contribution in [0.2, 0.25) is 0 Å². The molecule has 1 N–H and O–H groups in total. The van der Waals surface area contributed by atoms with E-state index in [1.54, 1.807) is 0 Å². The number of ether oxygens (including phenoxy) is 1. The molecule has 0 aliphatic heterocycles. The minimum absolute atomic E-state index is 0.430. The van der Waals surface area contributed by atoms with Crippen LogP contribution in [-0.2, 0) is 4.79 Å². The number of halogens is 5. The van der Waals surface area contributed by atoms with Gasteiger partial charge in [0.05, 0.1) is 0 Å². The zero-order valence-electron chi connectivity index (χ0n) is 11.9. The van der Waals surface area contributed by atoms with E-state index in [4.69, 9.17) is 4.74 Å². The predicted octanol–water partition coefficient (Wildman–Crippen LogP) is 2.70. The van der Waals surface area contributed by atoms with Gasteiger partial charge < -0.3 is 20.2 Å². The van der Waals surface area contributed by atoms with E-state index < -0.39 is 63.8 Å². The van der Waals surface area contributed by atoms with Gasteiger partial charge in [-0.1, -0.05) is 0 Å². The van der Waals surface area contributed by atoms with E-state index in [0.29, 0.717) is 0 Å². The number of anilines is 1. The quantitative estimate of drug-likeness (QED) is 0.290. The van der Waals surface area contributed by atoms with Gasteiger partial charge in [0.1, 0.15) is 11.9 Å². The maximum absolute atomic E-state index is 13.4. The lowest BCUT2D eigenvalue weighted by molar-refractivity contribution is -0.390. The number of hydrogen-bond donors (Lipinski definition) is 1. The molecule has 0 aliphatic rings. The molecular formula is C13H6F5N3O4. The second kappa shape index (κ2) is 7.07. The van der Waals surface area contributed by atoms with Gasteiger partial charge in [0.25, 0.3) is 5.91 Å². The van der Waals surface area contributed by atoms with E-state index in [9.17, 15) is 36.9 Å². The number of pyridine rings is 1. The summed E-state index contributed by atoms with van der Waals surface area (Å²) < 4.78 is 70.5. The lowest BCUT2D eigenvalue weighted by Gasteiger charge is -2.10. The molecule has 0 saturated heterocycles. The van der Waals surface area contributed by atoms with Crippen LogP contribution in [0.15, 0.2) is 18.3 Å². The van der Waals surface area contributed by atoms with Crippen molar-refractivity contribution in [2.75, 3.05) is 11.9 Å². The third-order valence-corrected chi connectivity index (χ3v) is 2.76.